The number of halogens is 4. The van der Waals surface area contributed by atoms with Crippen molar-refractivity contribution in [3.05, 3.63) is 103 Å². The summed E-state index contributed by atoms with van der Waals surface area (Å²) < 4.78 is 1.80. The molecule has 0 unspecified atom stereocenters. The van der Waals surface area contributed by atoms with Crippen molar-refractivity contribution in [2.24, 2.45) is 22.7 Å². The van der Waals surface area contributed by atoms with Crippen LogP contribution in [0.15, 0.2) is 69.6 Å². The van der Waals surface area contributed by atoms with Crippen LogP contribution in [0, 0.1) is 22.7 Å². The van der Waals surface area contributed by atoms with Gasteiger partial charge in [-0.1, -0.05) is 104 Å². The quantitative estimate of drug-likeness (QED) is 0.0670. The number of nitrogens with one attached hydrogen (secondary N) is 6. The van der Waals surface area contributed by atoms with Gasteiger partial charge in [0, 0.05) is 46.0 Å². The Morgan fingerprint density at radius 1 is 0.575 bits per heavy atom. The number of likely N-dealkylation sites (tertiary alicyclic amines) is 2. The first-order valence-corrected chi connectivity index (χ1v) is 29.3. The molecule has 0 aromatic heterocycles. The largest absolute Gasteiger partial charge is 0.347 e. The van der Waals surface area contributed by atoms with E-state index in [0.29, 0.717) is 11.1 Å². The number of nitrogens with zero attached hydrogens (tertiary/aromatic N) is 2. The molecule has 2 heterocycles. The molecule has 4 aliphatic rings. The number of hydrogen-bond donors (Lipinski definition) is 6. The number of carbonyl (C=O) groups is 8. The highest BCUT2D eigenvalue weighted by atomic mass is 79.9. The monoisotopic (exact) mass is 1270 g/mol. The summed E-state index contributed by atoms with van der Waals surface area (Å²) in [5.74, 6) is -3.54. The second-order valence-corrected chi connectivity index (χ2v) is 26.1. The van der Waals surface area contributed by atoms with E-state index in [4.69, 9.17) is 0 Å². The highest BCUT2D eigenvalue weighted by molar-refractivity contribution is 9.10. The molecule has 2 aliphatic carbocycles. The van der Waals surface area contributed by atoms with Gasteiger partial charge in [0.25, 0.3) is 0 Å². The number of carbonyl (C=O) groups excluding carboxylic acids is 8. The topological polar surface area (TPSA) is 215 Å². The predicted octanol–water partition coefficient (Wildman–Crippen LogP) is 8.30. The number of fused-ring (bicyclic) bond motifs is 2. The van der Waals surface area contributed by atoms with Crippen LogP contribution >= 0.6 is 56.7 Å². The van der Waals surface area contributed by atoms with Crippen LogP contribution in [0.4, 0.5) is 0 Å². The van der Waals surface area contributed by atoms with E-state index in [1.54, 1.807) is 52.2 Å². The van der Waals surface area contributed by atoms with Crippen molar-refractivity contribution in [1.29, 1.82) is 0 Å². The average Bonchev–Trinajstić information content (AvgIpc) is 4.04. The molecule has 10 atom stereocenters. The van der Waals surface area contributed by atoms with Gasteiger partial charge in [0.05, 0.1) is 24.2 Å². The van der Waals surface area contributed by atoms with E-state index in [1.807, 2.05) is 65.8 Å². The zero-order chi connectivity index (χ0) is 57.0. The molecule has 2 fully saturated rings. The molecule has 2 aliphatic heterocycles. The van der Waals surface area contributed by atoms with Gasteiger partial charge in [0.1, 0.15) is 24.2 Å². The normalized spacial score (nSPS) is 22.1. The van der Waals surface area contributed by atoms with Crippen LogP contribution in [-0.4, -0.2) is 120 Å². The van der Waals surface area contributed by atoms with Crippen LogP contribution in [0.25, 0.3) is 0 Å². The third-order valence-corrected chi connectivity index (χ3v) is 17.3. The second kappa shape index (κ2) is 28.0. The van der Waals surface area contributed by atoms with Crippen LogP contribution in [-0.2, 0) is 41.6 Å². The molecule has 2 saturated heterocycles. The molecule has 0 spiro atoms. The zero-order valence-corrected chi connectivity index (χ0v) is 52.6. The Labute approximate surface area is 501 Å². The molecule has 0 saturated carbocycles. The lowest BCUT2D eigenvalue weighted by Crippen LogP contribution is -2.59. The molecule has 6 N–H and O–H groups in total. The molecule has 3 aromatic carbocycles. The number of benzene rings is 3. The van der Waals surface area contributed by atoms with Crippen molar-refractivity contribution in [3.63, 3.8) is 0 Å². The van der Waals surface area contributed by atoms with Gasteiger partial charge < -0.3 is 41.7 Å². The molecule has 0 bridgehead atoms. The average molecular weight is 1270 g/mol. The standard InChI is InChI=1S/C60H80Br2N8O8.2ClH/c1-33(63-9)53(73)67-51(59(3,4)5)57(77)69-31-35(24-47(69)55(75)65-45-18-12-14-37-20-22-41(61)29-43(37)45)26-49(71)39-16-11-17-40(28-39)50(72)27-36-25-48(56(76)66-46-19-13-15-38-21-23-42(62)30-44(38)46)70(32-36)58(78)52(60(6,7)8)68-54(74)34(2)64-10;;/h11,16-17,20-23,28-30,33-36,45-48,51-52,63-64H,12-15,18-19,24-27,31-32H2,1-10H3,(H,65,75)(H,66,76)(H,67,73)(H,68,74);2*1H/t33-,34-,35+,36+,45+,46+,47-,48-,51+,52+;;/m0../s1. The number of aryl methyl sites for hydroxylation is 2. The number of hydrogen-bond acceptors (Lipinski definition) is 10. The Morgan fingerprint density at radius 2 is 0.950 bits per heavy atom. The number of Topliss-reactive ketones (excluding diaryl/α,β-unsaturated/α-hetero) is 2. The maximum atomic E-state index is 14.8. The van der Waals surface area contributed by atoms with E-state index < -0.39 is 70.7 Å². The van der Waals surface area contributed by atoms with E-state index in [1.165, 1.54) is 9.80 Å². The smallest absolute Gasteiger partial charge is 0.246 e. The van der Waals surface area contributed by atoms with Crippen molar-refractivity contribution in [1.82, 2.24) is 41.7 Å². The lowest BCUT2D eigenvalue weighted by molar-refractivity contribution is -0.144. The Hall–Kier alpha value is -4.72. The van der Waals surface area contributed by atoms with E-state index in [0.717, 1.165) is 69.7 Å². The summed E-state index contributed by atoms with van der Waals surface area (Å²) in [6, 6.07) is 13.2. The van der Waals surface area contributed by atoms with Crippen molar-refractivity contribution in [3.8, 4) is 0 Å². The van der Waals surface area contributed by atoms with Gasteiger partial charge in [-0.15, -0.1) is 24.8 Å². The summed E-state index contributed by atoms with van der Waals surface area (Å²) in [6.45, 7) is 14.8. The molecule has 7 rings (SSSR count). The minimum atomic E-state index is -0.973. The minimum absolute atomic E-state index is 0. The van der Waals surface area contributed by atoms with Gasteiger partial charge in [-0.3, -0.25) is 38.4 Å². The molecule has 0 radical (unpaired) electrons. The summed E-state index contributed by atoms with van der Waals surface area (Å²) in [7, 11) is 3.32. The Kier molecular flexibility index (Phi) is 23.2. The lowest BCUT2D eigenvalue weighted by atomic mass is 9.85. The molecule has 438 valence electrons. The first kappa shape index (κ1) is 66.1. The fraction of sp³-hybridized carbons (Fsp3) is 0.567. The lowest BCUT2D eigenvalue weighted by Gasteiger charge is -2.36. The van der Waals surface area contributed by atoms with E-state index in [9.17, 15) is 38.4 Å². The maximum absolute atomic E-state index is 14.8. The molecule has 80 heavy (non-hydrogen) atoms. The van der Waals surface area contributed by atoms with Crippen LogP contribution in [0.1, 0.15) is 162 Å². The third kappa shape index (κ3) is 15.9. The van der Waals surface area contributed by atoms with Crippen LogP contribution in [0.5, 0.6) is 0 Å². The summed E-state index contributed by atoms with van der Waals surface area (Å²) in [5, 5.41) is 18.3. The van der Waals surface area contributed by atoms with Gasteiger partial charge >= 0.3 is 0 Å². The third-order valence-electron chi connectivity index (χ3n) is 16.3. The van der Waals surface area contributed by atoms with Gasteiger partial charge in [-0.2, -0.15) is 0 Å². The predicted molar refractivity (Wildman–Crippen MR) is 322 cm³/mol. The summed E-state index contributed by atoms with van der Waals surface area (Å²) >= 11 is 7.18. The molecule has 6 amide bonds. The fourth-order valence-corrected chi connectivity index (χ4v) is 12.3. The van der Waals surface area contributed by atoms with Crippen LogP contribution < -0.4 is 31.9 Å². The van der Waals surface area contributed by atoms with Crippen LogP contribution in [0.2, 0.25) is 0 Å². The highest BCUT2D eigenvalue weighted by Crippen LogP contribution is 2.37. The fourth-order valence-electron chi connectivity index (χ4n) is 11.6. The molecule has 20 heteroatoms. The summed E-state index contributed by atoms with van der Waals surface area (Å²) in [5.41, 5.74) is 3.50. The summed E-state index contributed by atoms with van der Waals surface area (Å²) in [6.07, 6.45) is 5.41. The van der Waals surface area contributed by atoms with Crippen molar-refractivity contribution < 1.29 is 38.4 Å². The SMILES string of the molecule is CN[C@@H](C)C(=O)N[C@H](C(=O)N1C[C@@H](CC(=O)c2cccc(C(=O)C[C@H]3C[C@@H](C(=O)N[C@@H]4CCCc5ccc(Br)cc54)N(C(=O)[C@@H](NC(=O)[C@H](C)NC)C(C)(C)C)C3)c2)C[C@H]1C(=O)N[C@@H]1CCCc2ccc(Br)cc21)C(C)(C)C.Cl.Cl. The van der Waals surface area contributed by atoms with Crippen molar-refractivity contribution >= 4 is 104 Å². The first-order chi connectivity index (χ1) is 36.8. The first-order valence-electron chi connectivity index (χ1n) is 27.7. The molecule has 16 nitrogen and oxygen atoms in total. The Bertz CT molecular complexity index is 2610. The van der Waals surface area contributed by atoms with Gasteiger partial charge in [-0.25, -0.2) is 0 Å². The minimum Gasteiger partial charge on any atom is -0.347 e. The van der Waals surface area contributed by atoms with Crippen molar-refractivity contribution in [2.75, 3.05) is 27.2 Å². The Morgan fingerprint density at radius 3 is 1.30 bits per heavy atom. The second-order valence-electron chi connectivity index (χ2n) is 24.3. The number of ketones is 2. The van der Waals surface area contributed by atoms with E-state index >= 15 is 0 Å². The van der Waals surface area contributed by atoms with Gasteiger partial charge in [0.2, 0.25) is 35.4 Å². The molecular weight excluding hydrogens is 1190 g/mol. The van der Waals surface area contributed by atoms with E-state index in [-0.39, 0.29) is 111 Å². The van der Waals surface area contributed by atoms with Crippen molar-refractivity contribution in [2.45, 2.75) is 168 Å². The zero-order valence-electron chi connectivity index (χ0n) is 47.8. The number of likely N-dealkylation sites (N-methyl/N-ethyl adjacent to an activating group) is 2. The van der Waals surface area contributed by atoms with Crippen LogP contribution in [0.3, 0.4) is 0 Å². The summed E-state index contributed by atoms with van der Waals surface area (Å²) in [4.78, 5) is 117. The number of rotatable bonds is 18. The van der Waals surface area contributed by atoms with Gasteiger partial charge in [-0.05, 0) is 155 Å². The number of amides is 6. The highest BCUT2D eigenvalue weighted by Gasteiger charge is 2.48. The molecular formula is C60H82Br2Cl2N8O8. The molecule has 3 aromatic rings. The van der Waals surface area contributed by atoms with Gasteiger partial charge in [0.15, 0.2) is 11.6 Å². The Balaban J connectivity index is 0.00000588. The maximum Gasteiger partial charge on any atom is 0.246 e. The van der Waals surface area contributed by atoms with E-state index in [2.05, 4.69) is 75.9 Å².